The van der Waals surface area contributed by atoms with E-state index in [1.54, 1.807) is 0 Å². The first-order valence-corrected chi connectivity index (χ1v) is 8.97. The lowest BCUT2D eigenvalue weighted by Gasteiger charge is -2.19. The monoisotopic (exact) mass is 362 g/mol. The molecule has 2 heterocycles. The summed E-state index contributed by atoms with van der Waals surface area (Å²) in [6.45, 7) is 5.83. The molecule has 1 aromatic heterocycles. The highest BCUT2D eigenvalue weighted by Crippen LogP contribution is 2.33. The Kier molecular flexibility index (Phi) is 4.78. The van der Waals surface area contributed by atoms with Crippen LogP contribution < -0.4 is 20.1 Å². The van der Waals surface area contributed by atoms with Gasteiger partial charge in [-0.1, -0.05) is 29.8 Å². The number of hydrogen-bond acceptors (Lipinski definition) is 6. The third kappa shape index (κ3) is 4.28. The third-order valence-corrected chi connectivity index (χ3v) is 4.21. The van der Waals surface area contributed by atoms with Gasteiger partial charge in [-0.3, -0.25) is 0 Å². The van der Waals surface area contributed by atoms with E-state index in [0.717, 1.165) is 28.8 Å². The molecule has 0 amide bonds. The summed E-state index contributed by atoms with van der Waals surface area (Å²) in [6.07, 6.45) is 0. The van der Waals surface area contributed by atoms with Crippen LogP contribution in [0.2, 0.25) is 0 Å². The number of anilines is 3. The van der Waals surface area contributed by atoms with Crippen molar-refractivity contribution in [1.29, 1.82) is 0 Å². The Labute approximate surface area is 158 Å². The van der Waals surface area contributed by atoms with E-state index in [9.17, 15) is 0 Å². The highest BCUT2D eigenvalue weighted by molar-refractivity contribution is 5.63. The number of hydrogen-bond donors (Lipinski definition) is 2. The van der Waals surface area contributed by atoms with Crippen molar-refractivity contribution in [1.82, 2.24) is 9.97 Å². The first-order valence-electron chi connectivity index (χ1n) is 8.97. The summed E-state index contributed by atoms with van der Waals surface area (Å²) in [5, 5.41) is 6.69. The maximum Gasteiger partial charge on any atom is 0.163 e. The summed E-state index contributed by atoms with van der Waals surface area (Å²) in [7, 11) is 0. The van der Waals surface area contributed by atoms with Gasteiger partial charge < -0.3 is 20.1 Å². The summed E-state index contributed by atoms with van der Waals surface area (Å²) in [5.41, 5.74) is 3.35. The average molecular weight is 362 g/mol. The first-order chi connectivity index (χ1) is 13.2. The van der Waals surface area contributed by atoms with E-state index < -0.39 is 0 Å². The van der Waals surface area contributed by atoms with Gasteiger partial charge in [-0.15, -0.1) is 0 Å². The Morgan fingerprint density at radius 2 is 1.70 bits per heavy atom. The maximum absolute atomic E-state index is 5.64. The van der Waals surface area contributed by atoms with E-state index in [-0.39, 0.29) is 0 Å². The highest BCUT2D eigenvalue weighted by Gasteiger charge is 2.12. The van der Waals surface area contributed by atoms with Crippen molar-refractivity contribution in [3.63, 3.8) is 0 Å². The molecule has 0 saturated heterocycles. The lowest BCUT2D eigenvalue weighted by atomic mass is 10.1. The quantitative estimate of drug-likeness (QED) is 0.708. The fourth-order valence-electron chi connectivity index (χ4n) is 3.01. The van der Waals surface area contributed by atoms with E-state index in [2.05, 4.69) is 51.8 Å². The van der Waals surface area contributed by atoms with Crippen molar-refractivity contribution in [2.45, 2.75) is 20.4 Å². The van der Waals surface area contributed by atoms with Crippen LogP contribution in [0.15, 0.2) is 48.5 Å². The Hall–Kier alpha value is -3.28. The molecule has 6 heteroatoms. The zero-order chi connectivity index (χ0) is 18.6. The predicted octanol–water partition coefficient (Wildman–Crippen LogP) is 4.22. The van der Waals surface area contributed by atoms with Crippen LogP contribution in [0, 0.1) is 13.8 Å². The van der Waals surface area contributed by atoms with Crippen LogP contribution in [-0.4, -0.2) is 23.2 Å². The van der Waals surface area contributed by atoms with Gasteiger partial charge in [-0.05, 0) is 31.5 Å². The van der Waals surface area contributed by atoms with Gasteiger partial charge >= 0.3 is 0 Å². The molecular formula is C21H22N4O2. The largest absolute Gasteiger partial charge is 0.486 e. The second-order valence-corrected chi connectivity index (χ2v) is 6.51. The molecule has 2 N–H and O–H groups in total. The Bertz CT molecular complexity index is 959. The lowest BCUT2D eigenvalue weighted by molar-refractivity contribution is 0.171. The molecule has 0 fully saturated rings. The summed E-state index contributed by atoms with van der Waals surface area (Å²) >= 11 is 0. The van der Waals surface area contributed by atoms with Gasteiger partial charge in [0, 0.05) is 24.4 Å². The molecule has 138 valence electrons. The molecule has 27 heavy (non-hydrogen) atoms. The van der Waals surface area contributed by atoms with E-state index in [4.69, 9.17) is 9.47 Å². The number of nitrogens with zero attached hydrogens (tertiary/aromatic N) is 2. The van der Waals surface area contributed by atoms with Gasteiger partial charge in [-0.2, -0.15) is 0 Å². The maximum atomic E-state index is 5.64. The fraction of sp³-hybridized carbons (Fsp3) is 0.238. The molecule has 0 spiro atoms. The average Bonchev–Trinajstić information content (AvgIpc) is 2.66. The molecule has 0 unspecified atom stereocenters. The van der Waals surface area contributed by atoms with E-state index in [1.165, 1.54) is 11.1 Å². The standard InChI is InChI=1S/C21H22N4O2/c1-14-4-3-5-16(10-14)13-22-20-12-21(24-15(2)23-20)25-17-6-7-18-19(11-17)27-9-8-26-18/h3-7,10-12H,8-9,13H2,1-2H3,(H2,22,23,24,25). The molecule has 3 aromatic rings. The van der Waals surface area contributed by atoms with Crippen molar-refractivity contribution >= 4 is 17.3 Å². The molecule has 0 saturated carbocycles. The lowest BCUT2D eigenvalue weighted by Crippen LogP contribution is -2.15. The Morgan fingerprint density at radius 1 is 0.889 bits per heavy atom. The van der Waals surface area contributed by atoms with E-state index in [1.807, 2.05) is 31.2 Å². The van der Waals surface area contributed by atoms with Crippen LogP contribution in [0.4, 0.5) is 17.3 Å². The van der Waals surface area contributed by atoms with Gasteiger partial charge in [0.1, 0.15) is 30.7 Å². The number of aryl methyl sites for hydroxylation is 2. The Balaban J connectivity index is 1.48. The molecule has 0 aliphatic carbocycles. The molecule has 6 nitrogen and oxygen atoms in total. The van der Waals surface area contributed by atoms with Gasteiger partial charge in [0.2, 0.25) is 0 Å². The summed E-state index contributed by atoms with van der Waals surface area (Å²) < 4.78 is 11.2. The molecular weight excluding hydrogens is 340 g/mol. The second-order valence-electron chi connectivity index (χ2n) is 6.51. The van der Waals surface area contributed by atoms with Crippen LogP contribution in [-0.2, 0) is 6.54 Å². The number of rotatable bonds is 5. The van der Waals surface area contributed by atoms with Crippen molar-refractivity contribution < 1.29 is 9.47 Å². The van der Waals surface area contributed by atoms with Crippen molar-refractivity contribution in [2.24, 2.45) is 0 Å². The first kappa shape index (κ1) is 17.1. The minimum Gasteiger partial charge on any atom is -0.486 e. The van der Waals surface area contributed by atoms with Gasteiger partial charge in [0.15, 0.2) is 11.5 Å². The van der Waals surface area contributed by atoms with Crippen molar-refractivity contribution in [2.75, 3.05) is 23.8 Å². The Morgan fingerprint density at radius 3 is 2.56 bits per heavy atom. The van der Waals surface area contributed by atoms with Crippen LogP contribution >= 0.6 is 0 Å². The summed E-state index contributed by atoms with van der Waals surface area (Å²) in [4.78, 5) is 8.95. The van der Waals surface area contributed by atoms with Gasteiger partial charge in [-0.25, -0.2) is 9.97 Å². The smallest absolute Gasteiger partial charge is 0.163 e. The topological polar surface area (TPSA) is 68.3 Å². The second kappa shape index (κ2) is 7.53. The highest BCUT2D eigenvalue weighted by atomic mass is 16.6. The third-order valence-electron chi connectivity index (χ3n) is 4.21. The van der Waals surface area contributed by atoms with Gasteiger partial charge in [0.05, 0.1) is 0 Å². The van der Waals surface area contributed by atoms with Crippen LogP contribution in [0.5, 0.6) is 11.5 Å². The molecule has 0 radical (unpaired) electrons. The minimum atomic E-state index is 0.566. The minimum absolute atomic E-state index is 0.566. The normalized spacial score (nSPS) is 12.5. The molecule has 1 aliphatic heterocycles. The number of aromatic nitrogens is 2. The number of fused-ring (bicyclic) bond motifs is 1. The van der Waals surface area contributed by atoms with E-state index in [0.29, 0.717) is 25.6 Å². The van der Waals surface area contributed by atoms with Crippen LogP contribution in [0.3, 0.4) is 0 Å². The number of ether oxygens (including phenoxy) is 2. The molecule has 2 aromatic carbocycles. The molecule has 1 aliphatic rings. The number of nitrogens with one attached hydrogen (secondary N) is 2. The summed E-state index contributed by atoms with van der Waals surface area (Å²) in [6, 6.07) is 16.1. The molecule has 0 atom stereocenters. The molecule has 0 bridgehead atoms. The number of benzene rings is 2. The predicted molar refractivity (Wildman–Crippen MR) is 106 cm³/mol. The fourth-order valence-corrected chi connectivity index (χ4v) is 3.01. The summed E-state index contributed by atoms with van der Waals surface area (Å²) in [5.74, 6) is 3.72. The van der Waals surface area contributed by atoms with Crippen molar-refractivity contribution in [3.05, 3.63) is 65.5 Å². The van der Waals surface area contributed by atoms with Crippen LogP contribution in [0.25, 0.3) is 0 Å². The zero-order valence-corrected chi connectivity index (χ0v) is 15.5. The van der Waals surface area contributed by atoms with Crippen molar-refractivity contribution in [3.8, 4) is 11.5 Å². The van der Waals surface area contributed by atoms with Crippen LogP contribution in [0.1, 0.15) is 17.0 Å². The SMILES string of the molecule is Cc1cccc(CNc2cc(Nc3ccc4c(c3)OCCO4)nc(C)n2)c1. The van der Waals surface area contributed by atoms with E-state index >= 15 is 0 Å². The zero-order valence-electron chi connectivity index (χ0n) is 15.5. The van der Waals surface area contributed by atoms with Gasteiger partial charge in [0.25, 0.3) is 0 Å². The molecule has 4 rings (SSSR count).